The Kier molecular flexibility index (Phi) is 4.16. The van der Waals surface area contributed by atoms with Crippen molar-refractivity contribution in [1.29, 1.82) is 0 Å². The quantitative estimate of drug-likeness (QED) is 0.829. The molecule has 0 spiro atoms. The Morgan fingerprint density at radius 2 is 2.12 bits per heavy atom. The third-order valence-corrected chi connectivity index (χ3v) is 3.13. The van der Waals surface area contributed by atoms with Gasteiger partial charge in [0.1, 0.15) is 0 Å². The molecule has 0 radical (unpaired) electrons. The highest BCUT2D eigenvalue weighted by Crippen LogP contribution is 2.23. The molecular weight excluding hydrogens is 202 g/mol. The first-order valence-corrected chi connectivity index (χ1v) is 5.90. The highest BCUT2D eigenvalue weighted by Gasteiger charge is 2.17. The van der Waals surface area contributed by atoms with Gasteiger partial charge < -0.3 is 9.67 Å². The molecule has 1 atom stereocenters. The molecule has 0 aliphatic rings. The minimum Gasteiger partial charge on any atom is -0.478 e. The fourth-order valence-corrected chi connectivity index (χ4v) is 2.30. The molecule has 0 aromatic carbocycles. The lowest BCUT2D eigenvalue weighted by Crippen LogP contribution is -2.09. The van der Waals surface area contributed by atoms with Crippen molar-refractivity contribution in [2.75, 3.05) is 0 Å². The van der Waals surface area contributed by atoms with Gasteiger partial charge in [-0.05, 0) is 33.3 Å². The molecule has 0 fully saturated rings. The normalized spacial score (nSPS) is 12.8. The van der Waals surface area contributed by atoms with Crippen LogP contribution in [0, 0.1) is 13.8 Å². The summed E-state index contributed by atoms with van der Waals surface area (Å²) in [7, 11) is 0. The van der Waals surface area contributed by atoms with Gasteiger partial charge in [0, 0.05) is 17.4 Å². The summed E-state index contributed by atoms with van der Waals surface area (Å²) in [6.07, 6.45) is 3.46. The van der Waals surface area contributed by atoms with Gasteiger partial charge in [-0.15, -0.1) is 0 Å². The summed E-state index contributed by atoms with van der Waals surface area (Å²) in [5, 5.41) is 9.05. The van der Waals surface area contributed by atoms with Crippen molar-refractivity contribution < 1.29 is 9.90 Å². The number of aryl methyl sites for hydroxylation is 1. The van der Waals surface area contributed by atoms with Crippen LogP contribution in [-0.4, -0.2) is 15.6 Å². The Morgan fingerprint density at radius 3 is 2.56 bits per heavy atom. The zero-order chi connectivity index (χ0) is 12.3. The van der Waals surface area contributed by atoms with Crippen molar-refractivity contribution in [3.05, 3.63) is 23.0 Å². The van der Waals surface area contributed by atoms with Crippen LogP contribution in [0.2, 0.25) is 0 Å². The average Bonchev–Trinajstić information content (AvgIpc) is 2.51. The maximum absolute atomic E-state index is 11.0. The average molecular weight is 223 g/mol. The number of carboxylic acid groups (broad SMARTS) is 1. The van der Waals surface area contributed by atoms with E-state index in [9.17, 15) is 4.79 Å². The lowest BCUT2D eigenvalue weighted by molar-refractivity contribution is 0.0696. The monoisotopic (exact) mass is 223 g/mol. The van der Waals surface area contributed by atoms with Crippen molar-refractivity contribution in [3.8, 4) is 0 Å². The van der Waals surface area contributed by atoms with E-state index in [1.54, 1.807) is 6.07 Å². The summed E-state index contributed by atoms with van der Waals surface area (Å²) in [4.78, 5) is 11.0. The van der Waals surface area contributed by atoms with Crippen molar-refractivity contribution >= 4 is 5.97 Å². The molecule has 3 nitrogen and oxygen atoms in total. The van der Waals surface area contributed by atoms with E-state index in [-0.39, 0.29) is 0 Å². The molecule has 1 aromatic rings. The SMILES string of the molecule is CCCCC(C)n1c(C)cc(C(=O)O)c1C. The van der Waals surface area contributed by atoms with E-state index in [2.05, 4.69) is 18.4 Å². The summed E-state index contributed by atoms with van der Waals surface area (Å²) >= 11 is 0. The van der Waals surface area contributed by atoms with E-state index in [1.165, 1.54) is 12.8 Å². The molecule has 1 aromatic heterocycles. The van der Waals surface area contributed by atoms with Crippen molar-refractivity contribution in [2.24, 2.45) is 0 Å². The molecule has 16 heavy (non-hydrogen) atoms. The summed E-state index contributed by atoms with van der Waals surface area (Å²) < 4.78 is 2.14. The van der Waals surface area contributed by atoms with Crippen LogP contribution < -0.4 is 0 Å². The van der Waals surface area contributed by atoms with Crippen molar-refractivity contribution in [2.45, 2.75) is 53.0 Å². The smallest absolute Gasteiger partial charge is 0.337 e. The van der Waals surface area contributed by atoms with Gasteiger partial charge in [-0.25, -0.2) is 4.79 Å². The number of carbonyl (C=O) groups is 1. The first-order chi connectivity index (χ1) is 7.49. The number of carboxylic acids is 1. The molecule has 0 bridgehead atoms. The topological polar surface area (TPSA) is 42.2 Å². The summed E-state index contributed by atoms with van der Waals surface area (Å²) in [6.45, 7) is 8.19. The lowest BCUT2D eigenvalue weighted by Gasteiger charge is -2.18. The molecule has 1 N–H and O–H groups in total. The molecule has 0 amide bonds. The molecule has 0 aliphatic heterocycles. The molecule has 1 heterocycles. The summed E-state index contributed by atoms with van der Waals surface area (Å²) in [5.41, 5.74) is 2.34. The summed E-state index contributed by atoms with van der Waals surface area (Å²) in [6, 6.07) is 2.15. The first kappa shape index (κ1) is 12.8. The Labute approximate surface area is 97.1 Å². The minimum absolute atomic E-state index is 0.382. The predicted molar refractivity (Wildman–Crippen MR) is 65.1 cm³/mol. The van der Waals surface area contributed by atoms with Gasteiger partial charge in [-0.1, -0.05) is 19.8 Å². The summed E-state index contributed by atoms with van der Waals surface area (Å²) in [5.74, 6) is -0.831. The molecule has 0 saturated heterocycles. The maximum atomic E-state index is 11.0. The molecule has 90 valence electrons. The molecule has 0 aliphatic carbocycles. The number of rotatable bonds is 5. The van der Waals surface area contributed by atoms with E-state index in [0.29, 0.717) is 11.6 Å². The van der Waals surface area contributed by atoms with Gasteiger partial charge >= 0.3 is 5.97 Å². The minimum atomic E-state index is -0.831. The number of aromatic nitrogens is 1. The Hall–Kier alpha value is -1.25. The third kappa shape index (κ3) is 2.46. The third-order valence-electron chi connectivity index (χ3n) is 3.13. The highest BCUT2D eigenvalue weighted by atomic mass is 16.4. The number of aromatic carboxylic acids is 1. The van der Waals surface area contributed by atoms with Crippen LogP contribution in [0.15, 0.2) is 6.07 Å². The molecule has 1 unspecified atom stereocenters. The first-order valence-electron chi connectivity index (χ1n) is 5.90. The second-order valence-corrected chi connectivity index (χ2v) is 4.45. The number of unbranched alkanes of at least 4 members (excludes halogenated alkanes) is 1. The fraction of sp³-hybridized carbons (Fsp3) is 0.615. The molecular formula is C13H21NO2. The van der Waals surface area contributed by atoms with Crippen LogP contribution in [0.25, 0.3) is 0 Å². The Bertz CT molecular complexity index is 380. The fourth-order valence-electron chi connectivity index (χ4n) is 2.30. The standard InChI is InChI=1S/C13H21NO2/c1-5-6-7-9(2)14-10(3)8-12(11(14)4)13(15)16/h8-9H,5-7H2,1-4H3,(H,15,16). The Morgan fingerprint density at radius 1 is 1.50 bits per heavy atom. The van der Waals surface area contributed by atoms with E-state index >= 15 is 0 Å². The van der Waals surface area contributed by atoms with Crippen LogP contribution >= 0.6 is 0 Å². The lowest BCUT2D eigenvalue weighted by atomic mass is 10.1. The van der Waals surface area contributed by atoms with Gasteiger partial charge in [-0.2, -0.15) is 0 Å². The van der Waals surface area contributed by atoms with E-state index in [1.807, 2.05) is 13.8 Å². The molecule has 1 rings (SSSR count). The highest BCUT2D eigenvalue weighted by molar-refractivity contribution is 5.89. The van der Waals surface area contributed by atoms with Crippen LogP contribution in [0.4, 0.5) is 0 Å². The van der Waals surface area contributed by atoms with Crippen molar-refractivity contribution in [3.63, 3.8) is 0 Å². The van der Waals surface area contributed by atoms with Gasteiger partial charge in [-0.3, -0.25) is 0 Å². The van der Waals surface area contributed by atoms with Gasteiger partial charge in [0.15, 0.2) is 0 Å². The van der Waals surface area contributed by atoms with Crippen LogP contribution in [0.5, 0.6) is 0 Å². The zero-order valence-corrected chi connectivity index (χ0v) is 10.6. The van der Waals surface area contributed by atoms with E-state index in [0.717, 1.165) is 17.8 Å². The number of hydrogen-bond donors (Lipinski definition) is 1. The number of nitrogens with zero attached hydrogens (tertiary/aromatic N) is 1. The largest absolute Gasteiger partial charge is 0.478 e. The van der Waals surface area contributed by atoms with Gasteiger partial charge in [0.05, 0.1) is 5.56 Å². The second-order valence-electron chi connectivity index (χ2n) is 4.45. The van der Waals surface area contributed by atoms with Crippen LogP contribution in [0.3, 0.4) is 0 Å². The van der Waals surface area contributed by atoms with E-state index < -0.39 is 5.97 Å². The molecule has 3 heteroatoms. The predicted octanol–water partition coefficient (Wildman–Crippen LogP) is 3.55. The van der Waals surface area contributed by atoms with Crippen LogP contribution in [-0.2, 0) is 0 Å². The Balaban J connectivity index is 2.99. The number of hydrogen-bond acceptors (Lipinski definition) is 1. The van der Waals surface area contributed by atoms with Gasteiger partial charge in [0.2, 0.25) is 0 Å². The second kappa shape index (κ2) is 5.19. The molecule has 0 saturated carbocycles. The zero-order valence-electron chi connectivity index (χ0n) is 10.6. The van der Waals surface area contributed by atoms with Gasteiger partial charge in [0.25, 0.3) is 0 Å². The van der Waals surface area contributed by atoms with E-state index in [4.69, 9.17) is 5.11 Å². The maximum Gasteiger partial charge on any atom is 0.337 e. The van der Waals surface area contributed by atoms with Crippen molar-refractivity contribution in [1.82, 2.24) is 4.57 Å². The van der Waals surface area contributed by atoms with Crippen LogP contribution in [0.1, 0.15) is 60.9 Å².